The molecule has 12 heteroatoms. The van der Waals surface area contributed by atoms with Crippen LogP contribution in [0.2, 0.25) is 0 Å². The first-order chi connectivity index (χ1) is 23.5. The maximum atomic E-state index is 14.5. The first-order valence-electron chi connectivity index (χ1n) is 16.5. The minimum Gasteiger partial charge on any atom is -0.458 e. The number of allylic oxidation sites excluding steroid dienone is 1. The molecule has 3 fully saturated rings. The van der Waals surface area contributed by atoms with Crippen LogP contribution in [-0.2, 0) is 33.3 Å². The molecule has 0 radical (unpaired) electrons. The Morgan fingerprint density at radius 1 is 0.840 bits per heavy atom. The normalized spacial score (nSPS) is 35.8. The fourth-order valence-electron chi connectivity index (χ4n) is 8.93. The summed E-state index contributed by atoms with van der Waals surface area (Å²) >= 11 is 0. The third kappa shape index (κ3) is 5.82. The molecule has 12 nitrogen and oxygen atoms in total. The van der Waals surface area contributed by atoms with Gasteiger partial charge in [0.25, 0.3) is 0 Å². The number of ketones is 1. The second kappa shape index (κ2) is 13.4. The summed E-state index contributed by atoms with van der Waals surface area (Å²) in [7, 11) is 0. The molecule has 50 heavy (non-hydrogen) atoms. The average Bonchev–Trinajstić information content (AvgIpc) is 3.08. The number of aliphatic hydroxyl groups is 3. The van der Waals surface area contributed by atoms with Crippen LogP contribution in [0.15, 0.2) is 73.3 Å². The van der Waals surface area contributed by atoms with Crippen molar-refractivity contribution in [2.45, 2.75) is 83.6 Å². The van der Waals surface area contributed by atoms with Crippen molar-refractivity contribution in [3.05, 3.63) is 84.4 Å². The van der Waals surface area contributed by atoms with Gasteiger partial charge in [-0.15, -0.1) is 6.58 Å². The Morgan fingerprint density at radius 2 is 1.36 bits per heavy atom. The summed E-state index contributed by atoms with van der Waals surface area (Å²) in [6.45, 7) is 10.00. The number of esters is 4. The standard InChI is InChI=1S/C38H44O12/c1-7-36(6)19-25(49-32(43)23-14-10-8-11-15-23)29-37(20-39)26(18-27(42)38(29,46)34(36)45)35(4,5)30(48-22(3)41)28(47-21(2)40)31(37)50-33(44)24-16-12-9-13-17-24/h7-17,25-31,39,42,46H,1,18-20H2,2-6H3. The number of Topliss-reactive ketones (excluding diaryl/α,β-unsaturated/α-hetero) is 1. The molecule has 3 saturated carbocycles. The van der Waals surface area contributed by atoms with E-state index in [1.54, 1.807) is 50.2 Å². The fourth-order valence-corrected chi connectivity index (χ4v) is 8.93. The van der Waals surface area contributed by atoms with E-state index in [9.17, 15) is 39.3 Å². The van der Waals surface area contributed by atoms with Crippen molar-refractivity contribution in [3.8, 4) is 0 Å². The Morgan fingerprint density at radius 3 is 1.84 bits per heavy atom. The number of hydrogen-bond acceptors (Lipinski definition) is 12. The van der Waals surface area contributed by atoms with Crippen LogP contribution in [0.25, 0.3) is 0 Å². The Hall–Kier alpha value is -4.39. The van der Waals surface area contributed by atoms with Crippen LogP contribution >= 0.6 is 0 Å². The van der Waals surface area contributed by atoms with E-state index in [2.05, 4.69) is 6.58 Å². The van der Waals surface area contributed by atoms with Crippen LogP contribution < -0.4 is 0 Å². The van der Waals surface area contributed by atoms with Crippen LogP contribution in [0, 0.1) is 28.1 Å². The molecule has 3 N–H and O–H groups in total. The van der Waals surface area contributed by atoms with Crippen molar-refractivity contribution in [2.75, 3.05) is 6.61 Å². The van der Waals surface area contributed by atoms with Crippen LogP contribution in [-0.4, -0.2) is 87.7 Å². The summed E-state index contributed by atoms with van der Waals surface area (Å²) in [5, 5.41) is 36.4. The minimum atomic E-state index is -2.70. The molecular weight excluding hydrogens is 648 g/mol. The largest absolute Gasteiger partial charge is 0.458 e. The summed E-state index contributed by atoms with van der Waals surface area (Å²) in [5.74, 6) is -6.81. The van der Waals surface area contributed by atoms with Crippen molar-refractivity contribution in [1.29, 1.82) is 0 Å². The lowest BCUT2D eigenvalue weighted by molar-refractivity contribution is -0.325. The quantitative estimate of drug-likeness (QED) is 0.209. The molecule has 2 aromatic carbocycles. The Kier molecular flexibility index (Phi) is 9.87. The van der Waals surface area contributed by atoms with Crippen molar-refractivity contribution < 1.29 is 58.2 Å². The summed E-state index contributed by atoms with van der Waals surface area (Å²) in [5.41, 5.74) is -7.23. The maximum Gasteiger partial charge on any atom is 0.338 e. The van der Waals surface area contributed by atoms with Crippen LogP contribution in [0.4, 0.5) is 0 Å². The smallest absolute Gasteiger partial charge is 0.338 e. The number of carbonyl (C=O) groups is 5. The highest BCUT2D eigenvalue weighted by Crippen LogP contribution is 2.67. The molecule has 0 spiro atoms. The highest BCUT2D eigenvalue weighted by Gasteiger charge is 2.79. The number of rotatable bonds is 8. The molecule has 5 rings (SSSR count). The number of benzene rings is 2. The molecule has 2 aromatic rings. The van der Waals surface area contributed by atoms with Crippen molar-refractivity contribution >= 4 is 29.7 Å². The zero-order valence-corrected chi connectivity index (χ0v) is 28.7. The van der Waals surface area contributed by atoms with E-state index in [1.807, 2.05) is 0 Å². The summed E-state index contributed by atoms with van der Waals surface area (Å²) < 4.78 is 24.0. The molecular formula is C38H44O12. The first-order valence-corrected chi connectivity index (χ1v) is 16.5. The summed E-state index contributed by atoms with van der Waals surface area (Å²) in [6, 6.07) is 15.8. The zero-order chi connectivity index (χ0) is 36.8. The van der Waals surface area contributed by atoms with Gasteiger partial charge < -0.3 is 34.3 Å². The highest BCUT2D eigenvalue weighted by atomic mass is 16.6. The predicted molar refractivity (Wildman–Crippen MR) is 176 cm³/mol. The van der Waals surface area contributed by atoms with Crippen molar-refractivity contribution in [3.63, 3.8) is 0 Å². The van der Waals surface area contributed by atoms with E-state index in [-0.39, 0.29) is 24.0 Å². The number of aliphatic hydroxyl groups excluding tert-OH is 2. The van der Waals surface area contributed by atoms with Gasteiger partial charge in [0.2, 0.25) is 0 Å². The lowest BCUT2D eigenvalue weighted by atomic mass is 9.38. The van der Waals surface area contributed by atoms with Gasteiger partial charge in [-0.25, -0.2) is 9.59 Å². The maximum absolute atomic E-state index is 14.5. The molecule has 3 aliphatic carbocycles. The Bertz CT molecular complexity index is 1660. The molecule has 3 aliphatic rings. The first kappa shape index (κ1) is 36.9. The lowest BCUT2D eigenvalue weighted by Gasteiger charge is -2.69. The van der Waals surface area contributed by atoms with E-state index in [0.717, 1.165) is 13.8 Å². The lowest BCUT2D eigenvalue weighted by Crippen LogP contribution is -2.82. The molecule has 10 atom stereocenters. The van der Waals surface area contributed by atoms with E-state index in [4.69, 9.17) is 18.9 Å². The SMILES string of the molecule is C=CC1(C)CC(OC(=O)c2ccccc2)C2C(O)(C1=O)C(O)CC1C(C)(C)C(OC(C)=O)C(OC(C)=O)C(OC(=O)c3ccccc3)C12CO. The molecule has 0 saturated heterocycles. The Labute approximate surface area is 290 Å². The van der Waals surface area contributed by atoms with Crippen LogP contribution in [0.1, 0.15) is 68.2 Å². The molecule has 0 aromatic heterocycles. The molecule has 268 valence electrons. The third-order valence-corrected chi connectivity index (χ3v) is 11.1. The molecule has 0 heterocycles. The van der Waals surface area contributed by atoms with Gasteiger partial charge in [-0.2, -0.15) is 0 Å². The van der Waals surface area contributed by atoms with Crippen molar-refractivity contribution in [1.82, 2.24) is 0 Å². The van der Waals surface area contributed by atoms with Crippen LogP contribution in [0.3, 0.4) is 0 Å². The molecule has 0 bridgehead atoms. The topological polar surface area (TPSA) is 183 Å². The average molecular weight is 693 g/mol. The highest BCUT2D eigenvalue weighted by molar-refractivity contribution is 5.96. The second-order valence-electron chi connectivity index (χ2n) is 14.5. The molecule has 0 aliphatic heterocycles. The second-order valence-corrected chi connectivity index (χ2v) is 14.5. The number of fused-ring (bicyclic) bond motifs is 3. The van der Waals surface area contributed by atoms with E-state index in [0.29, 0.717) is 0 Å². The molecule has 10 unspecified atom stereocenters. The summed E-state index contributed by atoms with van der Waals surface area (Å²) in [4.78, 5) is 67.4. The fraction of sp³-hybridized carbons (Fsp3) is 0.500. The van der Waals surface area contributed by atoms with Gasteiger partial charge in [0.1, 0.15) is 12.2 Å². The molecule has 0 amide bonds. The predicted octanol–water partition coefficient (Wildman–Crippen LogP) is 3.21. The van der Waals surface area contributed by atoms with E-state index < -0.39 is 100 Å². The van der Waals surface area contributed by atoms with Gasteiger partial charge in [0, 0.05) is 37.0 Å². The van der Waals surface area contributed by atoms with Gasteiger partial charge in [0.05, 0.1) is 29.3 Å². The minimum absolute atomic E-state index is 0.0877. The van der Waals surface area contributed by atoms with E-state index in [1.165, 1.54) is 37.3 Å². The number of hydrogen-bond donors (Lipinski definition) is 3. The number of ether oxygens (including phenoxy) is 4. The van der Waals surface area contributed by atoms with Gasteiger partial charge >= 0.3 is 23.9 Å². The van der Waals surface area contributed by atoms with Gasteiger partial charge in [0.15, 0.2) is 23.6 Å². The monoisotopic (exact) mass is 692 g/mol. The van der Waals surface area contributed by atoms with Gasteiger partial charge in [-0.05, 0) is 43.5 Å². The van der Waals surface area contributed by atoms with Crippen LogP contribution in [0.5, 0.6) is 0 Å². The van der Waals surface area contributed by atoms with Gasteiger partial charge in [-0.1, -0.05) is 56.3 Å². The third-order valence-electron chi connectivity index (χ3n) is 11.1. The zero-order valence-electron chi connectivity index (χ0n) is 28.7. The summed E-state index contributed by atoms with van der Waals surface area (Å²) in [6.07, 6.45) is -7.08. The van der Waals surface area contributed by atoms with Gasteiger partial charge in [-0.3, -0.25) is 14.4 Å². The van der Waals surface area contributed by atoms with E-state index >= 15 is 0 Å². The number of carbonyl (C=O) groups excluding carboxylic acids is 5. The Balaban J connectivity index is 1.81. The van der Waals surface area contributed by atoms with Crippen molar-refractivity contribution in [2.24, 2.45) is 28.1 Å².